The standard InChI is InChI=1S/C17H22N6O/c1-9(15-11-5-3-4-6-13(11)21-10(2)22-15)20-16(24)14-12-7-23(19)8-17(12,14)18/h3-6,9,12,14H,7-8,18-19H2,1-2H3,(H,20,24)/t9?,12-,14+,17+/m0/s1. The number of piperidine rings is 1. The van der Waals surface area contributed by atoms with Crippen molar-refractivity contribution in [1.82, 2.24) is 20.3 Å². The first kappa shape index (κ1) is 15.4. The molecule has 4 atom stereocenters. The molecule has 0 bridgehead atoms. The number of hydrazine groups is 1. The average molecular weight is 326 g/mol. The first-order chi connectivity index (χ1) is 11.4. The molecule has 1 aromatic carbocycles. The van der Waals surface area contributed by atoms with Gasteiger partial charge in [-0.15, -0.1) is 0 Å². The Kier molecular flexibility index (Phi) is 3.35. The molecule has 4 rings (SSSR count). The molecule has 0 spiro atoms. The number of hydrogen-bond acceptors (Lipinski definition) is 6. The molecule has 1 aliphatic heterocycles. The predicted octanol–water partition coefficient (Wildman–Crippen LogP) is 0.248. The molecule has 0 radical (unpaired) electrons. The Bertz CT molecular complexity index is 824. The van der Waals surface area contributed by atoms with Crippen molar-refractivity contribution in [2.45, 2.75) is 25.4 Å². The van der Waals surface area contributed by atoms with Crippen LogP contribution in [0.3, 0.4) is 0 Å². The maximum Gasteiger partial charge on any atom is 0.225 e. The first-order valence-electron chi connectivity index (χ1n) is 8.22. The summed E-state index contributed by atoms with van der Waals surface area (Å²) < 4.78 is 0. The van der Waals surface area contributed by atoms with Gasteiger partial charge in [-0.25, -0.2) is 15.0 Å². The molecule has 5 N–H and O–H groups in total. The third-order valence-corrected chi connectivity index (χ3v) is 5.27. The van der Waals surface area contributed by atoms with E-state index in [1.807, 2.05) is 38.1 Å². The molecule has 24 heavy (non-hydrogen) atoms. The number of fused-ring (bicyclic) bond motifs is 2. The number of carbonyl (C=O) groups excluding carboxylic acids is 1. The maximum absolute atomic E-state index is 12.6. The molecule has 1 saturated heterocycles. The van der Waals surface area contributed by atoms with Gasteiger partial charge < -0.3 is 11.1 Å². The Labute approximate surface area is 140 Å². The highest BCUT2D eigenvalue weighted by molar-refractivity contribution is 5.86. The van der Waals surface area contributed by atoms with Crippen LogP contribution in [0.1, 0.15) is 24.5 Å². The number of amides is 1. The number of nitrogens with two attached hydrogens (primary N) is 2. The van der Waals surface area contributed by atoms with Crippen LogP contribution < -0.4 is 16.9 Å². The van der Waals surface area contributed by atoms with Crippen molar-refractivity contribution < 1.29 is 4.79 Å². The summed E-state index contributed by atoms with van der Waals surface area (Å²) in [6, 6.07) is 7.63. The van der Waals surface area contributed by atoms with Crippen molar-refractivity contribution in [3.63, 3.8) is 0 Å². The van der Waals surface area contributed by atoms with E-state index in [2.05, 4.69) is 15.3 Å². The molecule has 2 aliphatic rings. The fraction of sp³-hybridized carbons (Fsp3) is 0.471. The highest BCUT2D eigenvalue weighted by Crippen LogP contribution is 2.53. The predicted molar refractivity (Wildman–Crippen MR) is 90.5 cm³/mol. The summed E-state index contributed by atoms with van der Waals surface area (Å²) in [7, 11) is 0. The molecular formula is C17H22N6O. The molecule has 7 heteroatoms. The normalized spacial score (nSPS) is 30.2. The van der Waals surface area contributed by atoms with E-state index in [1.165, 1.54) is 0 Å². The van der Waals surface area contributed by atoms with Crippen molar-refractivity contribution in [2.75, 3.05) is 13.1 Å². The second-order valence-electron chi connectivity index (χ2n) is 7.03. The highest BCUT2D eigenvalue weighted by atomic mass is 16.2. The molecule has 2 fully saturated rings. The zero-order valence-electron chi connectivity index (χ0n) is 13.9. The average Bonchev–Trinajstić information content (AvgIpc) is 2.95. The van der Waals surface area contributed by atoms with Crippen molar-refractivity contribution in [3.8, 4) is 0 Å². The first-order valence-corrected chi connectivity index (χ1v) is 8.22. The molecule has 2 heterocycles. The number of nitrogens with zero attached hydrogens (tertiary/aromatic N) is 3. The number of benzene rings is 1. The Morgan fingerprint density at radius 2 is 2.17 bits per heavy atom. The van der Waals surface area contributed by atoms with Gasteiger partial charge in [-0.05, 0) is 19.9 Å². The number of hydrogen-bond donors (Lipinski definition) is 3. The van der Waals surface area contributed by atoms with Crippen molar-refractivity contribution in [2.24, 2.45) is 23.4 Å². The van der Waals surface area contributed by atoms with Gasteiger partial charge in [0.2, 0.25) is 5.91 Å². The van der Waals surface area contributed by atoms with Crippen molar-refractivity contribution in [3.05, 3.63) is 35.8 Å². The van der Waals surface area contributed by atoms with Crippen LogP contribution in [0.15, 0.2) is 24.3 Å². The monoisotopic (exact) mass is 326 g/mol. The molecular weight excluding hydrogens is 304 g/mol. The summed E-state index contributed by atoms with van der Waals surface area (Å²) in [5.41, 5.74) is 7.56. The maximum atomic E-state index is 12.6. The fourth-order valence-corrected chi connectivity index (χ4v) is 4.05. The lowest BCUT2D eigenvalue weighted by atomic mass is 10.1. The van der Waals surface area contributed by atoms with E-state index in [-0.39, 0.29) is 23.8 Å². The van der Waals surface area contributed by atoms with E-state index in [9.17, 15) is 4.79 Å². The Balaban J connectivity index is 1.55. The van der Waals surface area contributed by atoms with Crippen LogP contribution >= 0.6 is 0 Å². The zero-order chi connectivity index (χ0) is 17.1. The smallest absolute Gasteiger partial charge is 0.225 e. The van der Waals surface area contributed by atoms with Gasteiger partial charge in [0.1, 0.15) is 5.82 Å². The molecule has 1 aliphatic carbocycles. The Hall–Kier alpha value is -2.09. The van der Waals surface area contributed by atoms with Crippen molar-refractivity contribution in [1.29, 1.82) is 0 Å². The number of aromatic nitrogens is 2. The molecule has 1 amide bonds. The van der Waals surface area contributed by atoms with Crippen LogP contribution in [0, 0.1) is 18.8 Å². The SMILES string of the molecule is Cc1nc(C(C)NC(=O)[C@H]2[C@@H]3CN(N)C[C@@]32N)c2ccccc2n1. The van der Waals surface area contributed by atoms with Gasteiger partial charge in [0.05, 0.1) is 23.2 Å². The topological polar surface area (TPSA) is 110 Å². The molecule has 1 saturated carbocycles. The summed E-state index contributed by atoms with van der Waals surface area (Å²) in [6.45, 7) is 5.06. The number of aryl methyl sites for hydroxylation is 1. The van der Waals surface area contributed by atoms with E-state index >= 15 is 0 Å². The zero-order valence-corrected chi connectivity index (χ0v) is 13.9. The number of rotatable bonds is 3. The Morgan fingerprint density at radius 1 is 1.42 bits per heavy atom. The Morgan fingerprint density at radius 3 is 2.88 bits per heavy atom. The molecule has 126 valence electrons. The van der Waals surface area contributed by atoms with Gasteiger partial charge >= 0.3 is 0 Å². The van der Waals surface area contributed by atoms with Crippen LogP contribution in [-0.4, -0.2) is 39.5 Å². The second kappa shape index (κ2) is 5.20. The third kappa shape index (κ3) is 2.28. The van der Waals surface area contributed by atoms with Crippen LogP contribution in [-0.2, 0) is 4.79 Å². The quantitative estimate of drug-likeness (QED) is 0.697. The van der Waals surface area contributed by atoms with Crippen LogP contribution in [0.2, 0.25) is 0 Å². The van der Waals surface area contributed by atoms with Crippen LogP contribution in [0.5, 0.6) is 0 Å². The number of nitrogens with one attached hydrogen (secondary N) is 1. The van der Waals surface area contributed by atoms with Gasteiger partial charge in [-0.2, -0.15) is 0 Å². The third-order valence-electron chi connectivity index (χ3n) is 5.27. The second-order valence-corrected chi connectivity index (χ2v) is 7.03. The van der Waals surface area contributed by atoms with Crippen LogP contribution in [0.25, 0.3) is 10.9 Å². The molecule has 1 aromatic heterocycles. The minimum atomic E-state index is -0.470. The fourth-order valence-electron chi connectivity index (χ4n) is 4.05. The van der Waals surface area contributed by atoms with Gasteiger partial charge in [-0.3, -0.25) is 10.6 Å². The van der Waals surface area contributed by atoms with Gasteiger partial charge in [0.25, 0.3) is 0 Å². The number of para-hydroxylation sites is 1. The summed E-state index contributed by atoms with van der Waals surface area (Å²) in [6.07, 6.45) is 0. The summed E-state index contributed by atoms with van der Waals surface area (Å²) >= 11 is 0. The van der Waals surface area contributed by atoms with Gasteiger partial charge in [-0.1, -0.05) is 18.2 Å². The van der Waals surface area contributed by atoms with E-state index < -0.39 is 5.54 Å². The van der Waals surface area contributed by atoms with E-state index in [1.54, 1.807) is 5.01 Å². The van der Waals surface area contributed by atoms with E-state index in [0.29, 0.717) is 18.9 Å². The molecule has 2 aromatic rings. The lowest BCUT2D eigenvalue weighted by molar-refractivity contribution is -0.124. The molecule has 7 nitrogen and oxygen atoms in total. The minimum Gasteiger partial charge on any atom is -0.348 e. The van der Waals surface area contributed by atoms with E-state index in [4.69, 9.17) is 11.6 Å². The lowest BCUT2D eigenvalue weighted by Gasteiger charge is -2.19. The largest absolute Gasteiger partial charge is 0.348 e. The molecule has 1 unspecified atom stereocenters. The summed E-state index contributed by atoms with van der Waals surface area (Å²) in [5.74, 6) is 6.46. The van der Waals surface area contributed by atoms with Gasteiger partial charge in [0.15, 0.2) is 0 Å². The highest BCUT2D eigenvalue weighted by Gasteiger charge is 2.69. The lowest BCUT2D eigenvalue weighted by Crippen LogP contribution is -2.43. The summed E-state index contributed by atoms with van der Waals surface area (Å²) in [5, 5.41) is 5.73. The van der Waals surface area contributed by atoms with Crippen molar-refractivity contribution >= 4 is 16.8 Å². The summed E-state index contributed by atoms with van der Waals surface area (Å²) in [4.78, 5) is 21.6. The van der Waals surface area contributed by atoms with E-state index in [0.717, 1.165) is 16.6 Å². The number of carbonyl (C=O) groups is 1. The van der Waals surface area contributed by atoms with Gasteiger partial charge in [0, 0.05) is 29.9 Å². The van der Waals surface area contributed by atoms with Crippen LogP contribution in [0.4, 0.5) is 0 Å². The minimum absolute atomic E-state index is 0.0107.